The normalized spacial score (nSPS) is 18.8. The first kappa shape index (κ1) is 19.3. The minimum atomic E-state index is -0.889. The predicted molar refractivity (Wildman–Crippen MR) is 109 cm³/mol. The average Bonchev–Trinajstić information content (AvgIpc) is 2.97. The predicted octanol–water partition coefficient (Wildman–Crippen LogP) is 4.17. The van der Waals surface area contributed by atoms with Crippen LogP contribution in [0.15, 0.2) is 23.2 Å². The molecule has 0 saturated carbocycles. The van der Waals surface area contributed by atoms with Gasteiger partial charge in [0, 0.05) is 55.9 Å². The van der Waals surface area contributed by atoms with Crippen LogP contribution in [-0.2, 0) is 4.74 Å². The van der Waals surface area contributed by atoms with Gasteiger partial charge < -0.3 is 20.3 Å². The van der Waals surface area contributed by atoms with Crippen molar-refractivity contribution >= 4 is 33.5 Å². The Morgan fingerprint density at radius 2 is 2.11 bits per heavy atom. The van der Waals surface area contributed by atoms with E-state index in [1.807, 2.05) is 13.8 Å². The maximum atomic E-state index is 13.9. The number of fused-ring (bicyclic) bond motifs is 2. The van der Waals surface area contributed by atoms with Crippen LogP contribution < -0.4 is 10.6 Å². The number of ether oxygens (including phenoxy) is 1. The van der Waals surface area contributed by atoms with Crippen LogP contribution in [0.5, 0.6) is 0 Å². The van der Waals surface area contributed by atoms with Crippen molar-refractivity contribution in [3.05, 3.63) is 40.3 Å². The van der Waals surface area contributed by atoms with Crippen LogP contribution in [0.25, 0.3) is 0 Å². The first-order valence-electron chi connectivity index (χ1n) is 9.56. The van der Waals surface area contributed by atoms with E-state index in [0.717, 1.165) is 53.4 Å². The molecule has 1 fully saturated rings. The van der Waals surface area contributed by atoms with E-state index in [4.69, 9.17) is 9.73 Å². The zero-order valence-corrected chi connectivity index (χ0v) is 16.8. The van der Waals surface area contributed by atoms with Gasteiger partial charge in [-0.1, -0.05) is 0 Å². The van der Waals surface area contributed by atoms with E-state index in [-0.39, 0.29) is 0 Å². The van der Waals surface area contributed by atoms with Gasteiger partial charge in [-0.05, 0) is 26.3 Å². The van der Waals surface area contributed by atoms with Crippen LogP contribution in [0.1, 0.15) is 23.8 Å². The second-order valence-electron chi connectivity index (χ2n) is 7.03. The second kappa shape index (κ2) is 8.14. The number of hydrogen-bond acceptors (Lipinski definition) is 6. The van der Waals surface area contributed by atoms with E-state index in [2.05, 4.69) is 21.6 Å². The Kier molecular flexibility index (Phi) is 5.61. The van der Waals surface area contributed by atoms with Crippen molar-refractivity contribution in [2.75, 3.05) is 38.2 Å². The van der Waals surface area contributed by atoms with Crippen LogP contribution in [0.2, 0.25) is 0 Å². The SMILES string of the molecule is CCOCCC1CN(C2=Nc3cc(F)c(F)cc3Nc3sc(C)cc32)CCN1. The fraction of sp³-hybridized carbons (Fsp3) is 0.450. The number of nitrogens with one attached hydrogen (secondary N) is 2. The molecule has 1 unspecified atom stereocenters. The topological polar surface area (TPSA) is 48.9 Å². The van der Waals surface area contributed by atoms with Gasteiger partial charge in [-0.25, -0.2) is 13.8 Å². The summed E-state index contributed by atoms with van der Waals surface area (Å²) in [7, 11) is 0. The number of aliphatic imine (C=N–C) groups is 1. The van der Waals surface area contributed by atoms with Gasteiger partial charge in [0.15, 0.2) is 11.6 Å². The van der Waals surface area contributed by atoms with Crippen LogP contribution >= 0.6 is 11.3 Å². The third kappa shape index (κ3) is 3.90. The molecule has 0 aliphatic carbocycles. The molecule has 150 valence electrons. The van der Waals surface area contributed by atoms with Crippen molar-refractivity contribution in [1.29, 1.82) is 0 Å². The van der Waals surface area contributed by atoms with Crippen LogP contribution in [0.4, 0.5) is 25.2 Å². The van der Waals surface area contributed by atoms with Gasteiger partial charge in [-0.2, -0.15) is 0 Å². The highest BCUT2D eigenvalue weighted by Crippen LogP contribution is 2.40. The standard InChI is InChI=1S/C20H24F2N4OS/c1-3-27-7-4-13-11-26(6-5-23-13)19-14-8-12(2)28-20(14)25-18-10-16(22)15(21)9-17(18)24-19/h8-10,13,23,25H,3-7,11H2,1-2H3. The Morgan fingerprint density at radius 1 is 1.29 bits per heavy atom. The fourth-order valence-electron chi connectivity index (χ4n) is 3.62. The molecule has 0 radical (unpaired) electrons. The molecule has 5 nitrogen and oxygen atoms in total. The Balaban J connectivity index is 1.68. The minimum Gasteiger partial charge on any atom is -0.382 e. The quantitative estimate of drug-likeness (QED) is 0.749. The first-order valence-corrected chi connectivity index (χ1v) is 10.4. The van der Waals surface area contributed by atoms with Crippen LogP contribution in [0.3, 0.4) is 0 Å². The smallest absolute Gasteiger partial charge is 0.161 e. The summed E-state index contributed by atoms with van der Waals surface area (Å²) < 4.78 is 33.1. The van der Waals surface area contributed by atoms with Gasteiger partial charge in [0.2, 0.25) is 0 Å². The van der Waals surface area contributed by atoms with Crippen molar-refractivity contribution in [2.45, 2.75) is 26.3 Å². The molecule has 0 spiro atoms. The van der Waals surface area contributed by atoms with E-state index in [1.165, 1.54) is 6.07 Å². The third-order valence-electron chi connectivity index (χ3n) is 4.98. The van der Waals surface area contributed by atoms with Gasteiger partial charge >= 0.3 is 0 Å². The Labute approximate surface area is 167 Å². The van der Waals surface area contributed by atoms with Gasteiger partial charge in [0.25, 0.3) is 0 Å². The lowest BCUT2D eigenvalue weighted by atomic mass is 10.1. The van der Waals surface area contributed by atoms with Crippen molar-refractivity contribution < 1.29 is 13.5 Å². The number of piperazine rings is 1. The summed E-state index contributed by atoms with van der Waals surface area (Å²) >= 11 is 1.59. The number of hydrogen-bond donors (Lipinski definition) is 2. The van der Waals surface area contributed by atoms with E-state index >= 15 is 0 Å². The molecule has 1 aromatic carbocycles. The lowest BCUT2D eigenvalue weighted by molar-refractivity contribution is 0.128. The number of thiophene rings is 1. The van der Waals surface area contributed by atoms with Gasteiger partial charge in [0.1, 0.15) is 10.8 Å². The van der Waals surface area contributed by atoms with E-state index in [0.29, 0.717) is 30.6 Å². The molecule has 1 aromatic heterocycles. The molecule has 2 aromatic rings. The second-order valence-corrected chi connectivity index (χ2v) is 8.28. The highest BCUT2D eigenvalue weighted by Gasteiger charge is 2.28. The average molecular weight is 407 g/mol. The van der Waals surface area contributed by atoms with E-state index in [1.54, 1.807) is 11.3 Å². The fourth-order valence-corrected chi connectivity index (χ4v) is 4.54. The molecule has 1 atom stereocenters. The Bertz CT molecular complexity index is 899. The van der Waals surface area contributed by atoms with Gasteiger partial charge in [0.05, 0.1) is 16.9 Å². The largest absolute Gasteiger partial charge is 0.382 e. The van der Waals surface area contributed by atoms with Crippen molar-refractivity contribution in [1.82, 2.24) is 10.2 Å². The summed E-state index contributed by atoms with van der Waals surface area (Å²) in [4.78, 5) is 8.14. The lowest BCUT2D eigenvalue weighted by Crippen LogP contribution is -2.53. The van der Waals surface area contributed by atoms with Crippen molar-refractivity contribution in [3.63, 3.8) is 0 Å². The maximum absolute atomic E-state index is 13.9. The summed E-state index contributed by atoms with van der Waals surface area (Å²) in [6.07, 6.45) is 0.918. The van der Waals surface area contributed by atoms with Crippen LogP contribution in [-0.4, -0.2) is 49.6 Å². The molecule has 8 heteroatoms. The molecular weight excluding hydrogens is 382 g/mol. The number of anilines is 2. The number of amidine groups is 1. The van der Waals surface area contributed by atoms with E-state index in [9.17, 15) is 8.78 Å². The highest BCUT2D eigenvalue weighted by atomic mass is 32.1. The molecule has 2 aliphatic rings. The highest BCUT2D eigenvalue weighted by molar-refractivity contribution is 7.16. The molecule has 3 heterocycles. The first-order chi connectivity index (χ1) is 13.5. The van der Waals surface area contributed by atoms with E-state index < -0.39 is 11.6 Å². The molecule has 4 rings (SSSR count). The Morgan fingerprint density at radius 3 is 2.93 bits per heavy atom. The summed E-state index contributed by atoms with van der Waals surface area (Å²) in [6, 6.07) is 4.72. The number of halogens is 2. The summed E-state index contributed by atoms with van der Waals surface area (Å²) in [5.41, 5.74) is 1.88. The zero-order chi connectivity index (χ0) is 19.7. The molecule has 0 bridgehead atoms. The number of aryl methyl sites for hydroxylation is 1. The monoisotopic (exact) mass is 406 g/mol. The number of rotatable bonds is 4. The molecule has 2 aliphatic heterocycles. The minimum absolute atomic E-state index is 0.298. The molecular formula is C20H24F2N4OS. The number of nitrogens with zero attached hydrogens (tertiary/aromatic N) is 2. The summed E-state index contributed by atoms with van der Waals surface area (Å²) in [5, 5.41) is 7.69. The van der Waals surface area contributed by atoms with Crippen LogP contribution in [0, 0.1) is 18.6 Å². The Hall–Kier alpha value is -2.03. The van der Waals surface area contributed by atoms with Crippen molar-refractivity contribution in [3.8, 4) is 0 Å². The van der Waals surface area contributed by atoms with Gasteiger partial charge in [-0.3, -0.25) is 0 Å². The molecule has 28 heavy (non-hydrogen) atoms. The van der Waals surface area contributed by atoms with Gasteiger partial charge in [-0.15, -0.1) is 11.3 Å². The third-order valence-corrected chi connectivity index (χ3v) is 5.95. The number of benzene rings is 1. The molecule has 0 amide bonds. The summed E-state index contributed by atoms with van der Waals surface area (Å²) in [5.74, 6) is -0.961. The zero-order valence-electron chi connectivity index (χ0n) is 16.0. The maximum Gasteiger partial charge on any atom is 0.161 e. The lowest BCUT2D eigenvalue weighted by Gasteiger charge is -2.35. The molecule has 1 saturated heterocycles. The van der Waals surface area contributed by atoms with Crippen molar-refractivity contribution in [2.24, 2.45) is 4.99 Å². The molecule has 2 N–H and O–H groups in total. The summed E-state index contributed by atoms with van der Waals surface area (Å²) in [6.45, 7) is 7.89.